The van der Waals surface area contributed by atoms with E-state index in [1.165, 1.54) is 12.1 Å². The SMILES string of the molecule is COc1cccc(-c2[nH]ncc2C(=O)N2CC[C@@H](c3ccc(F)cc3)C2)c1. The van der Waals surface area contributed by atoms with E-state index in [1.807, 2.05) is 29.2 Å². The van der Waals surface area contributed by atoms with Crippen LogP contribution in [0.3, 0.4) is 0 Å². The molecule has 6 heteroatoms. The number of benzene rings is 2. The molecule has 2 heterocycles. The van der Waals surface area contributed by atoms with Crippen molar-refractivity contribution in [1.29, 1.82) is 0 Å². The molecule has 138 valence electrons. The van der Waals surface area contributed by atoms with Crippen molar-refractivity contribution in [2.24, 2.45) is 0 Å². The Kier molecular flexibility index (Phi) is 4.62. The van der Waals surface area contributed by atoms with Gasteiger partial charge < -0.3 is 9.64 Å². The van der Waals surface area contributed by atoms with Crippen LogP contribution in [-0.2, 0) is 0 Å². The van der Waals surface area contributed by atoms with Crippen LogP contribution in [0.1, 0.15) is 28.3 Å². The van der Waals surface area contributed by atoms with E-state index in [0.717, 1.165) is 23.3 Å². The lowest BCUT2D eigenvalue weighted by Crippen LogP contribution is -2.28. The van der Waals surface area contributed by atoms with E-state index < -0.39 is 0 Å². The number of hydrogen-bond acceptors (Lipinski definition) is 3. The van der Waals surface area contributed by atoms with E-state index in [1.54, 1.807) is 25.4 Å². The van der Waals surface area contributed by atoms with Crippen molar-refractivity contribution in [2.75, 3.05) is 20.2 Å². The molecular formula is C21H20FN3O2. The predicted octanol–water partition coefficient (Wildman–Crippen LogP) is 3.85. The number of halogens is 1. The van der Waals surface area contributed by atoms with Gasteiger partial charge in [-0.1, -0.05) is 24.3 Å². The third-order valence-electron chi connectivity index (χ3n) is 5.05. The fourth-order valence-corrected chi connectivity index (χ4v) is 3.57. The molecule has 0 aliphatic carbocycles. The fourth-order valence-electron chi connectivity index (χ4n) is 3.57. The highest BCUT2D eigenvalue weighted by atomic mass is 19.1. The number of aromatic amines is 1. The van der Waals surface area contributed by atoms with Crippen molar-refractivity contribution in [3.05, 3.63) is 71.7 Å². The van der Waals surface area contributed by atoms with Crippen molar-refractivity contribution in [3.8, 4) is 17.0 Å². The summed E-state index contributed by atoms with van der Waals surface area (Å²) in [7, 11) is 1.61. The van der Waals surface area contributed by atoms with Gasteiger partial charge >= 0.3 is 0 Å². The zero-order chi connectivity index (χ0) is 18.8. The second-order valence-electron chi connectivity index (χ2n) is 6.68. The van der Waals surface area contributed by atoms with Gasteiger partial charge in [-0.25, -0.2) is 4.39 Å². The number of likely N-dealkylation sites (tertiary alicyclic amines) is 1. The van der Waals surface area contributed by atoms with Gasteiger partial charge in [0.05, 0.1) is 24.6 Å². The molecule has 1 aliphatic rings. The summed E-state index contributed by atoms with van der Waals surface area (Å²) in [6.07, 6.45) is 2.44. The molecule has 1 saturated heterocycles. The molecule has 0 bridgehead atoms. The monoisotopic (exact) mass is 365 g/mol. The maximum absolute atomic E-state index is 13.1. The Balaban J connectivity index is 1.54. The van der Waals surface area contributed by atoms with Crippen LogP contribution in [0.2, 0.25) is 0 Å². The highest BCUT2D eigenvalue weighted by molar-refractivity contribution is 6.00. The quantitative estimate of drug-likeness (QED) is 0.764. The number of nitrogens with one attached hydrogen (secondary N) is 1. The summed E-state index contributed by atoms with van der Waals surface area (Å²) >= 11 is 0. The molecule has 1 aromatic heterocycles. The first-order valence-corrected chi connectivity index (χ1v) is 8.88. The zero-order valence-corrected chi connectivity index (χ0v) is 15.0. The molecule has 1 amide bonds. The third kappa shape index (κ3) is 3.43. The molecule has 0 saturated carbocycles. The minimum Gasteiger partial charge on any atom is -0.497 e. The second-order valence-corrected chi connectivity index (χ2v) is 6.68. The minimum atomic E-state index is -0.244. The van der Waals surface area contributed by atoms with Crippen molar-refractivity contribution in [1.82, 2.24) is 15.1 Å². The van der Waals surface area contributed by atoms with Gasteiger partial charge in [0.15, 0.2) is 0 Å². The van der Waals surface area contributed by atoms with Gasteiger partial charge in [-0.2, -0.15) is 5.10 Å². The predicted molar refractivity (Wildman–Crippen MR) is 100 cm³/mol. The Labute approximate surface area is 156 Å². The van der Waals surface area contributed by atoms with Gasteiger partial charge in [0.1, 0.15) is 11.6 Å². The van der Waals surface area contributed by atoms with Crippen LogP contribution in [0, 0.1) is 5.82 Å². The topological polar surface area (TPSA) is 58.2 Å². The third-order valence-corrected chi connectivity index (χ3v) is 5.05. The summed E-state index contributed by atoms with van der Waals surface area (Å²) in [6.45, 7) is 1.29. The van der Waals surface area contributed by atoms with Gasteiger partial charge in [-0.15, -0.1) is 0 Å². The Morgan fingerprint density at radius 3 is 2.85 bits per heavy atom. The van der Waals surface area contributed by atoms with E-state index in [0.29, 0.717) is 24.3 Å². The van der Waals surface area contributed by atoms with Crippen molar-refractivity contribution >= 4 is 5.91 Å². The summed E-state index contributed by atoms with van der Waals surface area (Å²) in [6, 6.07) is 14.1. The number of methoxy groups -OCH3 is 1. The molecule has 0 spiro atoms. The van der Waals surface area contributed by atoms with Gasteiger partial charge in [0.2, 0.25) is 0 Å². The summed E-state index contributed by atoms with van der Waals surface area (Å²) in [4.78, 5) is 14.9. The van der Waals surface area contributed by atoms with Crippen LogP contribution >= 0.6 is 0 Å². The molecule has 1 N–H and O–H groups in total. The maximum Gasteiger partial charge on any atom is 0.257 e. The first-order valence-electron chi connectivity index (χ1n) is 8.88. The molecule has 5 nitrogen and oxygen atoms in total. The van der Waals surface area contributed by atoms with Crippen LogP contribution in [0.5, 0.6) is 5.75 Å². The molecule has 4 rings (SSSR count). The molecule has 27 heavy (non-hydrogen) atoms. The molecule has 3 aromatic rings. The summed E-state index contributed by atoms with van der Waals surface area (Å²) < 4.78 is 18.4. The molecule has 1 atom stereocenters. The largest absolute Gasteiger partial charge is 0.497 e. The van der Waals surface area contributed by atoms with Crippen molar-refractivity contribution < 1.29 is 13.9 Å². The summed E-state index contributed by atoms with van der Waals surface area (Å²) in [5.74, 6) is 0.650. The number of nitrogens with zero attached hydrogens (tertiary/aromatic N) is 2. The standard InChI is InChI=1S/C21H20FN3O2/c1-27-18-4-2-3-15(11-18)20-19(12-23-24-20)21(26)25-10-9-16(13-25)14-5-7-17(22)8-6-14/h2-8,11-12,16H,9-10,13H2,1H3,(H,23,24)/t16-/m1/s1. The lowest BCUT2D eigenvalue weighted by Gasteiger charge is -2.17. The van der Waals surface area contributed by atoms with Gasteiger partial charge in [0.25, 0.3) is 5.91 Å². The van der Waals surface area contributed by atoms with Gasteiger partial charge in [0, 0.05) is 24.6 Å². The summed E-state index contributed by atoms with van der Waals surface area (Å²) in [5.41, 5.74) is 3.14. The lowest BCUT2D eigenvalue weighted by atomic mass is 9.98. The van der Waals surface area contributed by atoms with Crippen LogP contribution in [0.15, 0.2) is 54.7 Å². The maximum atomic E-state index is 13.1. The van der Waals surface area contributed by atoms with Crippen LogP contribution < -0.4 is 4.74 Å². The van der Waals surface area contributed by atoms with E-state index in [4.69, 9.17) is 4.74 Å². The summed E-state index contributed by atoms with van der Waals surface area (Å²) in [5, 5.41) is 7.01. The molecule has 1 fully saturated rings. The smallest absolute Gasteiger partial charge is 0.257 e. The lowest BCUT2D eigenvalue weighted by molar-refractivity contribution is 0.0791. The number of aromatic nitrogens is 2. The van der Waals surface area contributed by atoms with Crippen molar-refractivity contribution in [3.63, 3.8) is 0 Å². The Morgan fingerprint density at radius 1 is 1.26 bits per heavy atom. The Hall–Kier alpha value is -3.15. The molecule has 0 unspecified atom stereocenters. The fraction of sp³-hybridized carbons (Fsp3) is 0.238. The molecule has 1 aliphatic heterocycles. The van der Waals surface area contributed by atoms with Gasteiger partial charge in [-0.05, 0) is 36.2 Å². The van der Waals surface area contributed by atoms with E-state index in [2.05, 4.69) is 10.2 Å². The Bertz CT molecular complexity index is 952. The first kappa shape index (κ1) is 17.3. The number of ether oxygens (including phenoxy) is 1. The molecular weight excluding hydrogens is 345 g/mol. The van der Waals surface area contributed by atoms with E-state index >= 15 is 0 Å². The average molecular weight is 365 g/mol. The molecule has 0 radical (unpaired) electrons. The number of rotatable bonds is 4. The van der Waals surface area contributed by atoms with Crippen molar-refractivity contribution in [2.45, 2.75) is 12.3 Å². The number of carbonyl (C=O) groups is 1. The zero-order valence-electron chi connectivity index (χ0n) is 15.0. The highest BCUT2D eigenvalue weighted by Gasteiger charge is 2.30. The first-order chi connectivity index (χ1) is 13.2. The highest BCUT2D eigenvalue weighted by Crippen LogP contribution is 2.31. The van der Waals surface area contributed by atoms with Crippen LogP contribution in [0.4, 0.5) is 4.39 Å². The van der Waals surface area contributed by atoms with E-state index in [-0.39, 0.29) is 17.6 Å². The van der Waals surface area contributed by atoms with E-state index in [9.17, 15) is 9.18 Å². The molecule has 2 aromatic carbocycles. The van der Waals surface area contributed by atoms with Crippen LogP contribution in [-0.4, -0.2) is 41.2 Å². The minimum absolute atomic E-state index is 0.0498. The van der Waals surface area contributed by atoms with Crippen LogP contribution in [0.25, 0.3) is 11.3 Å². The number of H-pyrrole nitrogens is 1. The van der Waals surface area contributed by atoms with Gasteiger partial charge in [-0.3, -0.25) is 9.89 Å². The Morgan fingerprint density at radius 2 is 2.07 bits per heavy atom. The average Bonchev–Trinajstić information content (AvgIpc) is 3.38. The second kappa shape index (κ2) is 7.23. The normalized spacial score (nSPS) is 16.5. The number of carbonyl (C=O) groups excluding carboxylic acids is 1. The number of amides is 1. The number of hydrogen-bond donors (Lipinski definition) is 1.